The molecule has 1 saturated heterocycles. The molecule has 9 nitrogen and oxygen atoms in total. The van der Waals surface area contributed by atoms with E-state index in [0.717, 1.165) is 49.4 Å². The fourth-order valence-corrected chi connectivity index (χ4v) is 4.97. The smallest absolute Gasteiger partial charge is 0.303 e. The molecule has 1 aromatic heterocycles. The van der Waals surface area contributed by atoms with Crippen LogP contribution in [0.2, 0.25) is 0 Å². The molecule has 0 bridgehead atoms. The molecule has 0 aliphatic carbocycles. The number of aliphatic carboxylic acids is 1. The summed E-state index contributed by atoms with van der Waals surface area (Å²) in [5.74, 6) is -0.0642. The lowest BCUT2D eigenvalue weighted by molar-refractivity contribution is -0.137. The third-order valence-corrected chi connectivity index (χ3v) is 6.89. The quantitative estimate of drug-likeness (QED) is 0.330. The second-order valence-corrected chi connectivity index (χ2v) is 9.62. The van der Waals surface area contributed by atoms with Crippen LogP contribution >= 0.6 is 0 Å². The highest BCUT2D eigenvalue weighted by molar-refractivity contribution is 5.66. The van der Waals surface area contributed by atoms with Gasteiger partial charge in [0, 0.05) is 44.7 Å². The Morgan fingerprint density at radius 2 is 1.66 bits per heavy atom. The van der Waals surface area contributed by atoms with E-state index in [0.29, 0.717) is 18.8 Å². The van der Waals surface area contributed by atoms with Gasteiger partial charge in [0.15, 0.2) is 0 Å². The summed E-state index contributed by atoms with van der Waals surface area (Å²) >= 11 is 0. The predicted molar refractivity (Wildman–Crippen MR) is 143 cm³/mol. The van der Waals surface area contributed by atoms with Gasteiger partial charge in [0.25, 0.3) is 0 Å². The molecule has 2 N–H and O–H groups in total. The Hall–Kier alpha value is -4.08. The molecule has 1 aliphatic heterocycles. The summed E-state index contributed by atoms with van der Waals surface area (Å²) in [5, 5.41) is 31.6. The first-order valence-corrected chi connectivity index (χ1v) is 12.9. The van der Waals surface area contributed by atoms with E-state index in [2.05, 4.69) is 67.7 Å². The van der Waals surface area contributed by atoms with E-state index < -0.39 is 5.97 Å². The highest BCUT2D eigenvalue weighted by Gasteiger charge is 2.27. The minimum atomic E-state index is -0.833. The molecule has 0 saturated carbocycles. The molecule has 3 aromatic carbocycles. The molecule has 9 heteroatoms. The van der Waals surface area contributed by atoms with Crippen LogP contribution < -0.4 is 0 Å². The van der Waals surface area contributed by atoms with Crippen molar-refractivity contribution in [3.05, 3.63) is 95.6 Å². The van der Waals surface area contributed by atoms with E-state index in [4.69, 9.17) is 5.11 Å². The van der Waals surface area contributed by atoms with Gasteiger partial charge < -0.3 is 10.2 Å². The van der Waals surface area contributed by atoms with Gasteiger partial charge in [-0.05, 0) is 40.5 Å². The van der Waals surface area contributed by atoms with Crippen molar-refractivity contribution in [3.8, 4) is 17.1 Å². The number of rotatable bonds is 10. The third-order valence-electron chi connectivity index (χ3n) is 6.89. The van der Waals surface area contributed by atoms with Crippen LogP contribution in [0.5, 0.6) is 5.75 Å². The number of phenols is 1. The minimum Gasteiger partial charge on any atom is -0.508 e. The Morgan fingerprint density at radius 1 is 0.895 bits per heavy atom. The number of carbonyl (C=O) groups is 1. The number of nitrogens with zero attached hydrogens (tertiary/aromatic N) is 6. The number of tetrazole rings is 1. The number of benzene rings is 3. The number of carboxylic acids is 1. The summed E-state index contributed by atoms with van der Waals surface area (Å²) in [6.45, 7) is 5.13. The Kier molecular flexibility index (Phi) is 8.06. The highest BCUT2D eigenvalue weighted by atomic mass is 16.4. The van der Waals surface area contributed by atoms with Crippen molar-refractivity contribution in [2.45, 2.75) is 32.0 Å². The number of carboxylic acid groups (broad SMARTS) is 1. The van der Waals surface area contributed by atoms with Gasteiger partial charge in [0.2, 0.25) is 5.82 Å². The number of aromatic hydroxyl groups is 1. The summed E-state index contributed by atoms with van der Waals surface area (Å²) in [6, 6.07) is 26.3. The number of piperazine rings is 1. The minimum absolute atomic E-state index is 0.00897. The number of hydrogen-bond donors (Lipinski definition) is 2. The molecule has 1 atom stereocenters. The predicted octanol–water partition coefficient (Wildman–Crippen LogP) is 3.82. The topological polar surface area (TPSA) is 108 Å². The van der Waals surface area contributed by atoms with Crippen LogP contribution in [0.15, 0.2) is 78.9 Å². The number of phenolic OH excluding ortho intramolecular Hbond substituents is 1. The number of aryl methyl sites for hydroxylation is 1. The first-order chi connectivity index (χ1) is 18.5. The first-order valence-electron chi connectivity index (χ1n) is 12.9. The van der Waals surface area contributed by atoms with Crippen LogP contribution in [0.1, 0.15) is 35.6 Å². The van der Waals surface area contributed by atoms with E-state index in [-0.39, 0.29) is 18.2 Å². The van der Waals surface area contributed by atoms with Crippen LogP contribution in [0.3, 0.4) is 0 Å². The van der Waals surface area contributed by atoms with Gasteiger partial charge in [0.1, 0.15) is 5.75 Å². The van der Waals surface area contributed by atoms with E-state index in [1.165, 1.54) is 10.4 Å². The normalized spacial score (nSPS) is 15.4. The molecule has 0 spiro atoms. The van der Waals surface area contributed by atoms with Gasteiger partial charge in [-0.15, -0.1) is 10.2 Å². The maximum atomic E-state index is 10.7. The molecule has 0 amide bonds. The van der Waals surface area contributed by atoms with Crippen molar-refractivity contribution in [2.75, 3.05) is 26.2 Å². The lowest BCUT2D eigenvalue weighted by atomic mass is 9.95. The molecular weight excluding hydrogens is 480 g/mol. The van der Waals surface area contributed by atoms with Crippen molar-refractivity contribution in [2.24, 2.45) is 0 Å². The summed E-state index contributed by atoms with van der Waals surface area (Å²) in [5.41, 5.74) is 4.36. The van der Waals surface area contributed by atoms with Crippen molar-refractivity contribution in [1.29, 1.82) is 0 Å². The molecule has 1 unspecified atom stereocenters. The molecule has 4 aromatic rings. The average molecular weight is 513 g/mol. The largest absolute Gasteiger partial charge is 0.508 e. The molecular formula is C29H32N6O3. The SMILES string of the molecule is O=C(O)CCCn1nnc(-c2ccc(C(c3cccc(O)c3)N3CCN(Cc4ccccc4)CC3)cc2)n1. The average Bonchev–Trinajstić information content (AvgIpc) is 3.40. The molecule has 1 aliphatic rings. The van der Waals surface area contributed by atoms with Gasteiger partial charge >= 0.3 is 5.97 Å². The van der Waals surface area contributed by atoms with Crippen molar-refractivity contribution in [3.63, 3.8) is 0 Å². The first kappa shape index (κ1) is 25.6. The summed E-state index contributed by atoms with van der Waals surface area (Å²) in [4.78, 5) is 17.1. The highest BCUT2D eigenvalue weighted by Crippen LogP contribution is 2.32. The summed E-state index contributed by atoms with van der Waals surface area (Å²) < 4.78 is 0. The van der Waals surface area contributed by atoms with Gasteiger partial charge in [-0.25, -0.2) is 0 Å². The van der Waals surface area contributed by atoms with Crippen LogP contribution in [0, 0.1) is 0 Å². The molecule has 196 valence electrons. The maximum absolute atomic E-state index is 10.7. The maximum Gasteiger partial charge on any atom is 0.303 e. The van der Waals surface area contributed by atoms with Crippen LogP contribution in [-0.2, 0) is 17.9 Å². The molecule has 0 radical (unpaired) electrons. The Morgan fingerprint density at radius 3 is 2.37 bits per heavy atom. The summed E-state index contributed by atoms with van der Waals surface area (Å²) in [7, 11) is 0. The lowest BCUT2D eigenvalue weighted by Gasteiger charge is -2.40. The van der Waals surface area contributed by atoms with Crippen LogP contribution in [-0.4, -0.2) is 72.4 Å². The van der Waals surface area contributed by atoms with Crippen molar-refractivity contribution >= 4 is 5.97 Å². The summed E-state index contributed by atoms with van der Waals surface area (Å²) in [6.07, 6.45) is 0.525. The van der Waals surface area contributed by atoms with E-state index in [9.17, 15) is 9.90 Å². The van der Waals surface area contributed by atoms with E-state index in [1.807, 2.05) is 30.3 Å². The Labute approximate surface area is 221 Å². The van der Waals surface area contributed by atoms with Crippen molar-refractivity contribution < 1.29 is 15.0 Å². The molecule has 5 rings (SSSR count). The lowest BCUT2D eigenvalue weighted by Crippen LogP contribution is -2.47. The third kappa shape index (κ3) is 6.42. The van der Waals surface area contributed by atoms with Gasteiger partial charge in [-0.2, -0.15) is 4.80 Å². The molecule has 2 heterocycles. The van der Waals surface area contributed by atoms with E-state index >= 15 is 0 Å². The van der Waals surface area contributed by atoms with Gasteiger partial charge in [-0.1, -0.05) is 66.7 Å². The Balaban J connectivity index is 1.31. The standard InChI is InChI=1S/C29H32N6O3/c36-26-9-4-8-25(20-26)28(34-18-16-33(17-19-34)21-22-6-2-1-3-7-22)23-11-13-24(14-12-23)29-30-32-35(31-29)15-5-10-27(37)38/h1-4,6-9,11-14,20,28,36H,5,10,15-19,21H2,(H,37,38). The number of aromatic nitrogens is 4. The van der Waals surface area contributed by atoms with E-state index in [1.54, 1.807) is 6.07 Å². The van der Waals surface area contributed by atoms with Gasteiger partial charge in [-0.3, -0.25) is 14.6 Å². The van der Waals surface area contributed by atoms with Gasteiger partial charge in [0.05, 0.1) is 12.6 Å². The Bertz CT molecular complexity index is 1330. The zero-order chi connectivity index (χ0) is 26.3. The van der Waals surface area contributed by atoms with Crippen LogP contribution in [0.4, 0.5) is 0 Å². The fraction of sp³-hybridized carbons (Fsp3) is 0.310. The molecule has 1 fully saturated rings. The van der Waals surface area contributed by atoms with Crippen molar-refractivity contribution in [1.82, 2.24) is 30.0 Å². The molecule has 38 heavy (non-hydrogen) atoms. The second kappa shape index (κ2) is 12.0. The van der Waals surface area contributed by atoms with Crippen LogP contribution in [0.25, 0.3) is 11.4 Å². The monoisotopic (exact) mass is 512 g/mol. The fourth-order valence-electron chi connectivity index (χ4n) is 4.97. The zero-order valence-corrected chi connectivity index (χ0v) is 21.2. The zero-order valence-electron chi connectivity index (χ0n) is 21.2. The number of hydrogen-bond acceptors (Lipinski definition) is 7. The second-order valence-electron chi connectivity index (χ2n) is 9.62.